The molecular weight excluding hydrogens is 288 g/mol. The van der Waals surface area contributed by atoms with Crippen LogP contribution in [-0.2, 0) is 6.42 Å². The summed E-state index contributed by atoms with van der Waals surface area (Å²) in [5.74, 6) is -0.587. The minimum absolute atomic E-state index is 0.212. The van der Waals surface area contributed by atoms with Gasteiger partial charge in [-0.2, -0.15) is 0 Å². The Bertz CT molecular complexity index is 895. The van der Waals surface area contributed by atoms with E-state index >= 15 is 0 Å². The second-order valence-electron chi connectivity index (χ2n) is 4.59. The van der Waals surface area contributed by atoms with Crippen LogP contribution in [0.25, 0.3) is 21.6 Å². The smallest absolute Gasteiger partial charge is 0.345 e. The second-order valence-corrected chi connectivity index (χ2v) is 5.67. The summed E-state index contributed by atoms with van der Waals surface area (Å²) >= 11 is 1.09. The quantitative estimate of drug-likeness (QED) is 0.779. The van der Waals surface area contributed by atoms with Crippen LogP contribution in [0.15, 0.2) is 35.1 Å². The van der Waals surface area contributed by atoms with Crippen molar-refractivity contribution >= 4 is 28.2 Å². The summed E-state index contributed by atoms with van der Waals surface area (Å²) in [5, 5.41) is 9.50. The van der Waals surface area contributed by atoms with E-state index in [9.17, 15) is 9.59 Å². The standard InChI is InChI=1S/C15H12N2O3S/c1-2-8-3-4-10-9(7-8)14(18)17-13(16-10)11-5-6-12(21-11)15(19)20/h3-7H,2H2,1H3,(H,19,20)(H,16,17,18). The van der Waals surface area contributed by atoms with E-state index < -0.39 is 5.97 Å². The average Bonchev–Trinajstić information content (AvgIpc) is 2.97. The van der Waals surface area contributed by atoms with Crippen molar-refractivity contribution in [1.29, 1.82) is 0 Å². The van der Waals surface area contributed by atoms with Gasteiger partial charge in [-0.15, -0.1) is 11.3 Å². The topological polar surface area (TPSA) is 83.0 Å². The summed E-state index contributed by atoms with van der Waals surface area (Å²) in [6.45, 7) is 2.02. The largest absolute Gasteiger partial charge is 0.477 e. The molecule has 21 heavy (non-hydrogen) atoms. The summed E-state index contributed by atoms with van der Waals surface area (Å²) < 4.78 is 0. The zero-order valence-corrected chi connectivity index (χ0v) is 12.0. The summed E-state index contributed by atoms with van der Waals surface area (Å²) in [5.41, 5.74) is 1.47. The summed E-state index contributed by atoms with van der Waals surface area (Å²) in [7, 11) is 0. The number of hydrogen-bond acceptors (Lipinski definition) is 4. The number of thiophene rings is 1. The molecule has 0 bridgehead atoms. The lowest BCUT2D eigenvalue weighted by atomic mass is 10.1. The van der Waals surface area contributed by atoms with Gasteiger partial charge < -0.3 is 10.1 Å². The first kappa shape index (κ1) is 13.5. The number of aromatic nitrogens is 2. The van der Waals surface area contributed by atoms with E-state index in [1.54, 1.807) is 6.07 Å². The molecule has 2 heterocycles. The Labute approximate surface area is 123 Å². The Hall–Kier alpha value is -2.47. The maximum atomic E-state index is 12.2. The number of hydrogen-bond donors (Lipinski definition) is 2. The van der Waals surface area contributed by atoms with Gasteiger partial charge in [-0.25, -0.2) is 9.78 Å². The van der Waals surface area contributed by atoms with E-state index in [1.165, 1.54) is 6.07 Å². The first-order valence-electron chi connectivity index (χ1n) is 6.45. The average molecular weight is 300 g/mol. The Balaban J connectivity index is 2.15. The van der Waals surface area contributed by atoms with Gasteiger partial charge in [-0.1, -0.05) is 13.0 Å². The maximum Gasteiger partial charge on any atom is 0.345 e. The third kappa shape index (κ3) is 2.45. The van der Waals surface area contributed by atoms with Gasteiger partial charge in [0, 0.05) is 0 Å². The summed E-state index contributed by atoms with van der Waals surface area (Å²) in [6, 6.07) is 8.75. The number of rotatable bonds is 3. The van der Waals surface area contributed by atoms with Gasteiger partial charge in [-0.3, -0.25) is 4.79 Å². The van der Waals surface area contributed by atoms with Crippen LogP contribution in [0.5, 0.6) is 0 Å². The Morgan fingerprint density at radius 1 is 1.33 bits per heavy atom. The van der Waals surface area contributed by atoms with Crippen LogP contribution in [0.2, 0.25) is 0 Å². The highest BCUT2D eigenvalue weighted by Gasteiger charge is 2.11. The number of fused-ring (bicyclic) bond motifs is 1. The molecule has 1 aromatic carbocycles. The number of carboxylic acid groups (broad SMARTS) is 1. The number of aromatic amines is 1. The van der Waals surface area contributed by atoms with Crippen molar-refractivity contribution in [3.63, 3.8) is 0 Å². The molecule has 6 heteroatoms. The molecule has 0 saturated heterocycles. The maximum absolute atomic E-state index is 12.2. The van der Waals surface area contributed by atoms with Crippen molar-refractivity contribution in [2.24, 2.45) is 0 Å². The highest BCUT2D eigenvalue weighted by molar-refractivity contribution is 7.17. The van der Waals surface area contributed by atoms with Gasteiger partial charge in [0.05, 0.1) is 15.8 Å². The number of benzene rings is 1. The molecule has 0 aliphatic heterocycles. The molecule has 0 radical (unpaired) electrons. The first-order chi connectivity index (χ1) is 10.1. The number of aromatic carboxylic acids is 1. The lowest BCUT2D eigenvalue weighted by molar-refractivity contribution is 0.0702. The number of carboxylic acids is 1. The van der Waals surface area contributed by atoms with Crippen LogP contribution in [0.3, 0.4) is 0 Å². The molecule has 5 nitrogen and oxygen atoms in total. The monoisotopic (exact) mass is 300 g/mol. The molecular formula is C15H12N2O3S. The molecule has 2 aromatic heterocycles. The van der Waals surface area contributed by atoms with Crippen molar-refractivity contribution < 1.29 is 9.90 Å². The normalized spacial score (nSPS) is 10.9. The number of carbonyl (C=O) groups is 1. The van der Waals surface area contributed by atoms with E-state index in [4.69, 9.17) is 5.11 Å². The lowest BCUT2D eigenvalue weighted by Gasteiger charge is -2.02. The van der Waals surface area contributed by atoms with Crippen molar-refractivity contribution in [1.82, 2.24) is 9.97 Å². The van der Waals surface area contributed by atoms with E-state index in [0.29, 0.717) is 21.6 Å². The highest BCUT2D eigenvalue weighted by atomic mass is 32.1. The van der Waals surface area contributed by atoms with E-state index in [2.05, 4.69) is 9.97 Å². The van der Waals surface area contributed by atoms with Gasteiger partial charge in [-0.05, 0) is 36.2 Å². The molecule has 3 aromatic rings. The molecule has 0 saturated carbocycles. The zero-order valence-electron chi connectivity index (χ0n) is 11.2. The van der Waals surface area contributed by atoms with E-state index in [0.717, 1.165) is 23.3 Å². The number of H-pyrrole nitrogens is 1. The highest BCUT2D eigenvalue weighted by Crippen LogP contribution is 2.25. The van der Waals surface area contributed by atoms with Crippen LogP contribution >= 0.6 is 11.3 Å². The van der Waals surface area contributed by atoms with Crippen LogP contribution in [0.1, 0.15) is 22.2 Å². The Morgan fingerprint density at radius 3 is 2.81 bits per heavy atom. The van der Waals surface area contributed by atoms with Crippen molar-refractivity contribution in [2.75, 3.05) is 0 Å². The third-order valence-corrected chi connectivity index (χ3v) is 4.31. The van der Waals surface area contributed by atoms with Gasteiger partial charge in [0.15, 0.2) is 5.82 Å². The molecule has 0 unspecified atom stereocenters. The molecule has 2 N–H and O–H groups in total. The van der Waals surface area contributed by atoms with E-state index in [1.807, 2.05) is 25.1 Å². The van der Waals surface area contributed by atoms with Gasteiger partial charge in [0.2, 0.25) is 0 Å². The van der Waals surface area contributed by atoms with E-state index in [-0.39, 0.29) is 10.4 Å². The number of aryl methyl sites for hydroxylation is 1. The van der Waals surface area contributed by atoms with Gasteiger partial charge in [0.1, 0.15) is 4.88 Å². The fourth-order valence-electron chi connectivity index (χ4n) is 2.10. The summed E-state index contributed by atoms with van der Waals surface area (Å²) in [4.78, 5) is 31.1. The Morgan fingerprint density at radius 2 is 2.14 bits per heavy atom. The molecule has 0 amide bonds. The molecule has 3 rings (SSSR count). The minimum atomic E-state index is -0.984. The van der Waals surface area contributed by atoms with Crippen LogP contribution in [0, 0.1) is 0 Å². The van der Waals surface area contributed by atoms with Crippen LogP contribution < -0.4 is 5.56 Å². The van der Waals surface area contributed by atoms with Gasteiger partial charge >= 0.3 is 5.97 Å². The van der Waals surface area contributed by atoms with Crippen LogP contribution in [0.4, 0.5) is 0 Å². The number of nitrogens with one attached hydrogen (secondary N) is 1. The number of nitrogens with zero attached hydrogens (tertiary/aromatic N) is 1. The SMILES string of the molecule is CCc1ccc2nc(-c3ccc(C(=O)O)s3)[nH]c(=O)c2c1. The molecule has 0 aliphatic rings. The lowest BCUT2D eigenvalue weighted by Crippen LogP contribution is -2.09. The van der Waals surface area contributed by atoms with Crippen molar-refractivity contribution in [2.45, 2.75) is 13.3 Å². The predicted molar refractivity (Wildman–Crippen MR) is 82.0 cm³/mol. The van der Waals surface area contributed by atoms with Crippen molar-refractivity contribution in [3.05, 3.63) is 51.1 Å². The molecule has 0 atom stereocenters. The molecule has 0 spiro atoms. The van der Waals surface area contributed by atoms with Crippen LogP contribution in [-0.4, -0.2) is 21.0 Å². The fourth-order valence-corrected chi connectivity index (χ4v) is 2.89. The predicted octanol–water partition coefficient (Wildman–Crippen LogP) is 2.91. The molecule has 106 valence electrons. The molecule has 0 fully saturated rings. The van der Waals surface area contributed by atoms with Crippen molar-refractivity contribution in [3.8, 4) is 10.7 Å². The fraction of sp³-hybridized carbons (Fsp3) is 0.133. The minimum Gasteiger partial charge on any atom is -0.477 e. The first-order valence-corrected chi connectivity index (χ1v) is 7.26. The summed E-state index contributed by atoms with van der Waals surface area (Å²) in [6.07, 6.45) is 0.851. The third-order valence-electron chi connectivity index (χ3n) is 3.23. The van der Waals surface area contributed by atoms with Gasteiger partial charge in [0.25, 0.3) is 5.56 Å². The zero-order chi connectivity index (χ0) is 15.0. The Kier molecular flexibility index (Phi) is 3.31. The molecule has 0 aliphatic carbocycles. The second kappa shape index (κ2) is 5.14.